The lowest BCUT2D eigenvalue weighted by Gasteiger charge is -2.26. The highest BCUT2D eigenvalue weighted by Gasteiger charge is 2.29. The molecule has 0 heterocycles. The summed E-state index contributed by atoms with van der Waals surface area (Å²) < 4.78 is 5.23. The molecular weight excluding hydrogens is 364 g/mol. The van der Waals surface area contributed by atoms with Crippen LogP contribution in [0.2, 0.25) is 0 Å². The number of nitrogens with one attached hydrogen (secondary N) is 4. The van der Waals surface area contributed by atoms with Crippen LogP contribution in [0, 0.1) is 11.8 Å². The second-order valence-electron chi connectivity index (χ2n) is 8.69. The van der Waals surface area contributed by atoms with Crippen molar-refractivity contribution >= 4 is 23.8 Å². The van der Waals surface area contributed by atoms with Crippen molar-refractivity contribution in [2.45, 2.75) is 85.9 Å². The number of carbonyl (C=O) groups excluding carboxylic acids is 4. The molecule has 0 radical (unpaired) electrons. The van der Waals surface area contributed by atoms with Gasteiger partial charge in [0.05, 0.1) is 0 Å². The molecule has 0 aliphatic heterocycles. The summed E-state index contributed by atoms with van der Waals surface area (Å²) in [7, 11) is 0. The lowest BCUT2D eigenvalue weighted by atomic mass is 10.0. The van der Waals surface area contributed by atoms with Crippen molar-refractivity contribution < 1.29 is 23.9 Å². The molecule has 9 heteroatoms. The Hall–Kier alpha value is -2.32. The van der Waals surface area contributed by atoms with Crippen LogP contribution in [-0.2, 0) is 19.1 Å². The van der Waals surface area contributed by atoms with Gasteiger partial charge in [-0.3, -0.25) is 25.2 Å². The first kappa shape index (κ1) is 25.7. The largest absolute Gasteiger partial charge is 0.444 e. The van der Waals surface area contributed by atoms with E-state index in [1.165, 1.54) is 6.92 Å². The van der Waals surface area contributed by atoms with Crippen LogP contribution in [0.15, 0.2) is 0 Å². The quantitative estimate of drug-likeness (QED) is 0.461. The van der Waals surface area contributed by atoms with Gasteiger partial charge < -0.3 is 15.4 Å². The summed E-state index contributed by atoms with van der Waals surface area (Å²) in [4.78, 5) is 48.2. The van der Waals surface area contributed by atoms with Crippen molar-refractivity contribution in [2.75, 3.05) is 0 Å². The molecule has 4 N–H and O–H groups in total. The maximum absolute atomic E-state index is 12.8. The van der Waals surface area contributed by atoms with Gasteiger partial charge in [-0.2, -0.15) is 0 Å². The normalized spacial score (nSPS) is 13.5. The SMILES string of the molecule is CC(=O)NNC(=O)[C@@H](CC(C)C)NC(=O)[C@H](CC(C)C)NC(=O)OC(C)(C)C. The standard InChI is InChI=1S/C19H36N4O5/c1-11(2)9-14(21-18(27)28-19(6,7)8)16(25)20-15(10-12(3)4)17(26)23-22-13(5)24/h11-12,14-15H,9-10H2,1-8H3,(H,20,25)(H,21,27)(H,22,24)(H,23,26)/t14-,15+/m0/s1. The van der Waals surface area contributed by atoms with E-state index < -0.39 is 41.5 Å². The minimum atomic E-state index is -0.852. The van der Waals surface area contributed by atoms with Crippen LogP contribution in [0.1, 0.15) is 68.2 Å². The first-order chi connectivity index (χ1) is 12.7. The van der Waals surface area contributed by atoms with Gasteiger partial charge in [0.15, 0.2) is 0 Å². The molecule has 0 aliphatic rings. The van der Waals surface area contributed by atoms with E-state index in [9.17, 15) is 19.2 Å². The molecule has 0 aromatic heterocycles. The zero-order valence-corrected chi connectivity index (χ0v) is 18.3. The van der Waals surface area contributed by atoms with Gasteiger partial charge in [0.2, 0.25) is 11.8 Å². The second kappa shape index (κ2) is 11.5. The topological polar surface area (TPSA) is 126 Å². The number of carbonyl (C=O) groups is 4. The first-order valence-electron chi connectivity index (χ1n) is 9.57. The molecular formula is C19H36N4O5. The average molecular weight is 401 g/mol. The number of ether oxygens (including phenoxy) is 1. The van der Waals surface area contributed by atoms with Gasteiger partial charge in [-0.25, -0.2) is 4.79 Å². The molecule has 0 aromatic carbocycles. The molecule has 0 spiro atoms. The smallest absolute Gasteiger partial charge is 0.408 e. The minimum Gasteiger partial charge on any atom is -0.444 e. The Morgan fingerprint density at radius 3 is 1.64 bits per heavy atom. The molecule has 0 saturated heterocycles. The third-order valence-corrected chi connectivity index (χ3v) is 3.42. The molecule has 28 heavy (non-hydrogen) atoms. The molecule has 0 unspecified atom stereocenters. The Morgan fingerprint density at radius 2 is 1.25 bits per heavy atom. The van der Waals surface area contributed by atoms with Gasteiger partial charge in [0.1, 0.15) is 17.7 Å². The highest BCUT2D eigenvalue weighted by molar-refractivity contribution is 5.92. The number of hydrogen-bond donors (Lipinski definition) is 4. The molecule has 0 fully saturated rings. The van der Waals surface area contributed by atoms with Crippen molar-refractivity contribution in [2.24, 2.45) is 11.8 Å². The summed E-state index contributed by atoms with van der Waals surface area (Å²) in [5.74, 6) is -1.19. The zero-order valence-electron chi connectivity index (χ0n) is 18.3. The van der Waals surface area contributed by atoms with Gasteiger partial charge in [-0.15, -0.1) is 0 Å². The molecule has 2 atom stereocenters. The van der Waals surface area contributed by atoms with Crippen LogP contribution in [0.4, 0.5) is 4.79 Å². The summed E-state index contributed by atoms with van der Waals surface area (Å²) in [6.07, 6.45) is 0.0570. The van der Waals surface area contributed by atoms with E-state index in [1.54, 1.807) is 20.8 Å². The number of hydrogen-bond acceptors (Lipinski definition) is 5. The van der Waals surface area contributed by atoms with Crippen LogP contribution >= 0.6 is 0 Å². The number of hydrazine groups is 1. The van der Waals surface area contributed by atoms with Crippen LogP contribution < -0.4 is 21.5 Å². The monoisotopic (exact) mass is 400 g/mol. The van der Waals surface area contributed by atoms with Crippen molar-refractivity contribution in [3.05, 3.63) is 0 Å². The Balaban J connectivity index is 5.20. The fourth-order valence-electron chi connectivity index (χ4n) is 2.36. The highest BCUT2D eigenvalue weighted by Crippen LogP contribution is 2.11. The van der Waals surface area contributed by atoms with Gasteiger partial charge in [0, 0.05) is 6.92 Å². The molecule has 9 nitrogen and oxygen atoms in total. The summed E-state index contributed by atoms with van der Waals surface area (Å²) >= 11 is 0. The van der Waals surface area contributed by atoms with E-state index in [0.29, 0.717) is 12.8 Å². The maximum atomic E-state index is 12.8. The van der Waals surface area contributed by atoms with E-state index in [0.717, 1.165) is 0 Å². The molecule has 162 valence electrons. The van der Waals surface area contributed by atoms with Crippen LogP contribution in [-0.4, -0.2) is 41.5 Å². The summed E-state index contributed by atoms with van der Waals surface area (Å²) in [6, 6.07) is -1.70. The van der Waals surface area contributed by atoms with Crippen molar-refractivity contribution in [3.63, 3.8) is 0 Å². The Bertz CT molecular complexity index is 555. The van der Waals surface area contributed by atoms with Gasteiger partial charge in [-0.1, -0.05) is 27.7 Å². The predicted molar refractivity (Wildman–Crippen MR) is 106 cm³/mol. The van der Waals surface area contributed by atoms with Crippen molar-refractivity contribution in [1.29, 1.82) is 0 Å². The molecule has 0 aliphatic carbocycles. The molecule has 0 rings (SSSR count). The van der Waals surface area contributed by atoms with E-state index in [4.69, 9.17) is 4.74 Å². The lowest BCUT2D eigenvalue weighted by Crippen LogP contribution is -2.56. The Kier molecular flexibility index (Phi) is 10.6. The van der Waals surface area contributed by atoms with Crippen molar-refractivity contribution in [3.8, 4) is 0 Å². The Morgan fingerprint density at radius 1 is 0.786 bits per heavy atom. The van der Waals surface area contributed by atoms with E-state index >= 15 is 0 Å². The number of alkyl carbamates (subject to hydrolysis) is 1. The van der Waals surface area contributed by atoms with Crippen LogP contribution in [0.25, 0.3) is 0 Å². The first-order valence-corrected chi connectivity index (χ1v) is 9.57. The van der Waals surface area contributed by atoms with E-state index in [1.807, 2.05) is 27.7 Å². The molecule has 0 aromatic rings. The average Bonchev–Trinajstić information content (AvgIpc) is 2.48. The fourth-order valence-corrected chi connectivity index (χ4v) is 2.36. The number of rotatable bonds is 8. The van der Waals surface area contributed by atoms with E-state index in [-0.39, 0.29) is 11.8 Å². The second-order valence-corrected chi connectivity index (χ2v) is 8.69. The summed E-state index contributed by atoms with van der Waals surface area (Å²) in [5.41, 5.74) is 3.80. The van der Waals surface area contributed by atoms with Crippen LogP contribution in [0.3, 0.4) is 0 Å². The summed E-state index contributed by atoms with van der Waals surface area (Å²) in [5, 5.41) is 5.25. The zero-order chi connectivity index (χ0) is 22.1. The maximum Gasteiger partial charge on any atom is 0.408 e. The van der Waals surface area contributed by atoms with E-state index in [2.05, 4.69) is 21.5 Å². The molecule has 4 amide bonds. The van der Waals surface area contributed by atoms with Gasteiger partial charge >= 0.3 is 6.09 Å². The Labute approximate surface area is 167 Å². The summed E-state index contributed by atoms with van der Waals surface area (Å²) in [6.45, 7) is 14.1. The minimum absolute atomic E-state index is 0.121. The lowest BCUT2D eigenvalue weighted by molar-refractivity contribution is -0.132. The van der Waals surface area contributed by atoms with Crippen LogP contribution in [0.5, 0.6) is 0 Å². The third-order valence-electron chi connectivity index (χ3n) is 3.42. The fraction of sp³-hybridized carbons (Fsp3) is 0.789. The molecule has 0 saturated carbocycles. The third kappa shape index (κ3) is 12.1. The van der Waals surface area contributed by atoms with Gasteiger partial charge in [-0.05, 0) is 45.4 Å². The van der Waals surface area contributed by atoms with Crippen molar-refractivity contribution in [1.82, 2.24) is 21.5 Å². The van der Waals surface area contributed by atoms with Gasteiger partial charge in [0.25, 0.3) is 5.91 Å². The highest BCUT2D eigenvalue weighted by atomic mass is 16.6. The molecule has 0 bridgehead atoms. The number of amides is 4. The predicted octanol–water partition coefficient (Wildman–Crippen LogP) is 1.62.